The van der Waals surface area contributed by atoms with E-state index in [9.17, 15) is 15.2 Å². The zero-order valence-electron chi connectivity index (χ0n) is 11.6. The van der Waals surface area contributed by atoms with E-state index in [4.69, 9.17) is 9.47 Å². The van der Waals surface area contributed by atoms with Crippen LogP contribution in [0.1, 0.15) is 18.6 Å². The Morgan fingerprint density at radius 1 is 1.14 bits per heavy atom. The topological polar surface area (TPSA) is 81.8 Å². The summed E-state index contributed by atoms with van der Waals surface area (Å²) in [6.45, 7) is 1.54. The van der Waals surface area contributed by atoms with Gasteiger partial charge in [-0.2, -0.15) is 0 Å². The molecule has 0 aromatic heterocycles. The minimum absolute atomic E-state index is 0.120. The van der Waals surface area contributed by atoms with Crippen LogP contribution in [0.4, 0.5) is 5.69 Å². The van der Waals surface area contributed by atoms with Crippen LogP contribution in [0.3, 0.4) is 0 Å². The molecule has 2 rings (SSSR count). The van der Waals surface area contributed by atoms with E-state index in [2.05, 4.69) is 0 Å². The van der Waals surface area contributed by atoms with Gasteiger partial charge in [-0.05, 0) is 42.8 Å². The lowest BCUT2D eigenvalue weighted by Crippen LogP contribution is -1.97. The molecule has 0 aliphatic carbocycles. The molecule has 2 aromatic rings. The Morgan fingerprint density at radius 2 is 1.76 bits per heavy atom. The first-order valence-corrected chi connectivity index (χ1v) is 6.29. The molecular weight excluding hydrogens is 274 g/mol. The fourth-order valence-electron chi connectivity index (χ4n) is 1.79. The van der Waals surface area contributed by atoms with Crippen LogP contribution >= 0.6 is 0 Å². The van der Waals surface area contributed by atoms with Crippen LogP contribution in [0.5, 0.6) is 17.2 Å². The third-order valence-electron chi connectivity index (χ3n) is 2.95. The van der Waals surface area contributed by atoms with Crippen LogP contribution < -0.4 is 9.47 Å². The molecule has 110 valence electrons. The molecule has 0 amide bonds. The van der Waals surface area contributed by atoms with Crippen molar-refractivity contribution in [2.75, 3.05) is 7.11 Å². The van der Waals surface area contributed by atoms with Crippen LogP contribution in [0.15, 0.2) is 42.5 Å². The van der Waals surface area contributed by atoms with Crippen molar-refractivity contribution < 1.29 is 19.5 Å². The Bertz CT molecular complexity index is 637. The van der Waals surface area contributed by atoms with Crippen molar-refractivity contribution in [3.63, 3.8) is 0 Å². The highest BCUT2D eigenvalue weighted by Gasteiger charge is 2.18. The van der Waals surface area contributed by atoms with Gasteiger partial charge in [0.15, 0.2) is 0 Å². The molecule has 0 aliphatic heterocycles. The maximum Gasteiger partial charge on any atom is 0.311 e. The number of aliphatic hydroxyl groups excluding tert-OH is 1. The Kier molecular flexibility index (Phi) is 4.39. The van der Waals surface area contributed by atoms with E-state index in [1.807, 2.05) is 0 Å². The third kappa shape index (κ3) is 3.49. The summed E-state index contributed by atoms with van der Waals surface area (Å²) in [5.74, 6) is 1.25. The highest BCUT2D eigenvalue weighted by Crippen LogP contribution is 2.34. The van der Waals surface area contributed by atoms with Gasteiger partial charge < -0.3 is 14.6 Å². The highest BCUT2D eigenvalue weighted by atomic mass is 16.6. The van der Waals surface area contributed by atoms with Gasteiger partial charge in [-0.3, -0.25) is 10.1 Å². The summed E-state index contributed by atoms with van der Waals surface area (Å²) >= 11 is 0. The fourth-order valence-corrected chi connectivity index (χ4v) is 1.79. The number of nitro benzene ring substituents is 1. The zero-order valence-corrected chi connectivity index (χ0v) is 11.6. The van der Waals surface area contributed by atoms with Gasteiger partial charge in [0, 0.05) is 6.07 Å². The molecule has 0 fully saturated rings. The largest absolute Gasteiger partial charge is 0.497 e. The number of nitrogens with zero attached hydrogens (tertiary/aromatic N) is 1. The van der Waals surface area contributed by atoms with Crippen LogP contribution in [-0.4, -0.2) is 17.1 Å². The van der Waals surface area contributed by atoms with Crippen LogP contribution in [-0.2, 0) is 0 Å². The van der Waals surface area contributed by atoms with E-state index < -0.39 is 11.0 Å². The van der Waals surface area contributed by atoms with E-state index in [0.29, 0.717) is 17.1 Å². The van der Waals surface area contributed by atoms with Crippen LogP contribution in [0, 0.1) is 10.1 Å². The van der Waals surface area contributed by atoms with Crippen molar-refractivity contribution in [1.29, 1.82) is 0 Å². The number of aliphatic hydroxyl groups is 1. The summed E-state index contributed by atoms with van der Waals surface area (Å²) in [5.41, 5.74) is 0.271. The van der Waals surface area contributed by atoms with Crippen molar-refractivity contribution in [2.45, 2.75) is 13.0 Å². The summed E-state index contributed by atoms with van der Waals surface area (Å²) in [5, 5.41) is 20.6. The average Bonchev–Trinajstić information content (AvgIpc) is 2.48. The Morgan fingerprint density at radius 3 is 2.29 bits per heavy atom. The van der Waals surface area contributed by atoms with E-state index in [1.165, 1.54) is 12.1 Å². The summed E-state index contributed by atoms with van der Waals surface area (Å²) < 4.78 is 10.6. The number of hydrogen-bond donors (Lipinski definition) is 1. The van der Waals surface area contributed by atoms with E-state index >= 15 is 0 Å². The van der Waals surface area contributed by atoms with Gasteiger partial charge in [0.05, 0.1) is 18.1 Å². The molecule has 0 saturated carbocycles. The van der Waals surface area contributed by atoms with E-state index in [-0.39, 0.29) is 11.4 Å². The Balaban J connectivity index is 2.31. The molecule has 0 radical (unpaired) electrons. The van der Waals surface area contributed by atoms with Crippen molar-refractivity contribution in [2.24, 2.45) is 0 Å². The second-order valence-electron chi connectivity index (χ2n) is 4.44. The molecule has 0 spiro atoms. The lowest BCUT2D eigenvalue weighted by molar-refractivity contribution is -0.385. The van der Waals surface area contributed by atoms with Crippen molar-refractivity contribution in [1.82, 2.24) is 0 Å². The van der Waals surface area contributed by atoms with E-state index in [0.717, 1.165) is 0 Å². The molecule has 6 nitrogen and oxygen atoms in total. The Hall–Kier alpha value is -2.60. The van der Waals surface area contributed by atoms with Crippen molar-refractivity contribution >= 4 is 5.69 Å². The Labute approximate surface area is 121 Å². The molecule has 0 aliphatic rings. The van der Waals surface area contributed by atoms with Gasteiger partial charge >= 0.3 is 5.69 Å². The summed E-state index contributed by atoms with van der Waals surface area (Å²) in [4.78, 5) is 10.6. The first-order chi connectivity index (χ1) is 10.0. The second-order valence-corrected chi connectivity index (χ2v) is 4.44. The van der Waals surface area contributed by atoms with Gasteiger partial charge in [-0.1, -0.05) is 6.07 Å². The number of methoxy groups -OCH3 is 1. The third-order valence-corrected chi connectivity index (χ3v) is 2.95. The first-order valence-electron chi connectivity index (χ1n) is 6.29. The number of ether oxygens (including phenoxy) is 2. The van der Waals surface area contributed by atoms with Gasteiger partial charge in [0.25, 0.3) is 0 Å². The molecule has 1 N–H and O–H groups in total. The molecule has 1 atom stereocenters. The molecule has 1 unspecified atom stereocenters. The van der Waals surface area contributed by atoms with Gasteiger partial charge in [0.1, 0.15) is 11.5 Å². The van der Waals surface area contributed by atoms with Crippen molar-refractivity contribution in [3.05, 3.63) is 58.1 Å². The first kappa shape index (κ1) is 14.8. The average molecular weight is 289 g/mol. The SMILES string of the molecule is COc1ccc(Oc2ccc(C(C)O)cc2[N+](=O)[O-])cc1. The second kappa shape index (κ2) is 6.23. The number of rotatable bonds is 5. The molecule has 0 bridgehead atoms. The predicted molar refractivity (Wildman–Crippen MR) is 76.8 cm³/mol. The zero-order chi connectivity index (χ0) is 15.4. The lowest BCUT2D eigenvalue weighted by Gasteiger charge is -2.09. The molecule has 0 saturated heterocycles. The minimum Gasteiger partial charge on any atom is -0.497 e. The summed E-state index contributed by atoms with van der Waals surface area (Å²) in [6.07, 6.45) is -0.779. The van der Waals surface area contributed by atoms with Gasteiger partial charge in [-0.25, -0.2) is 0 Å². The van der Waals surface area contributed by atoms with Crippen LogP contribution in [0.2, 0.25) is 0 Å². The molecule has 0 heterocycles. The monoisotopic (exact) mass is 289 g/mol. The fraction of sp³-hybridized carbons (Fsp3) is 0.200. The molecule has 21 heavy (non-hydrogen) atoms. The number of nitro groups is 1. The van der Waals surface area contributed by atoms with Gasteiger partial charge in [0.2, 0.25) is 5.75 Å². The summed E-state index contributed by atoms with van der Waals surface area (Å²) in [6, 6.07) is 11.1. The van der Waals surface area contributed by atoms with Gasteiger partial charge in [-0.15, -0.1) is 0 Å². The smallest absolute Gasteiger partial charge is 0.311 e. The maximum absolute atomic E-state index is 11.1. The highest BCUT2D eigenvalue weighted by molar-refractivity contribution is 5.51. The molecule has 2 aromatic carbocycles. The minimum atomic E-state index is -0.779. The quantitative estimate of drug-likeness (QED) is 0.673. The summed E-state index contributed by atoms with van der Waals surface area (Å²) in [7, 11) is 1.55. The predicted octanol–water partition coefficient (Wildman–Crippen LogP) is 3.45. The number of hydrogen-bond acceptors (Lipinski definition) is 5. The molecular formula is C15H15NO5. The number of benzene rings is 2. The normalized spacial score (nSPS) is 11.8. The van der Waals surface area contributed by atoms with Crippen molar-refractivity contribution in [3.8, 4) is 17.2 Å². The van der Waals surface area contributed by atoms with E-state index in [1.54, 1.807) is 44.4 Å². The standard InChI is InChI=1S/C15H15NO5/c1-10(17)11-3-8-15(14(9-11)16(18)19)21-13-6-4-12(20-2)5-7-13/h3-10,17H,1-2H3. The lowest BCUT2D eigenvalue weighted by atomic mass is 10.1. The van der Waals surface area contributed by atoms with Crippen LogP contribution in [0.25, 0.3) is 0 Å². The maximum atomic E-state index is 11.1. The molecule has 6 heteroatoms.